The topological polar surface area (TPSA) is 85.4 Å². The van der Waals surface area contributed by atoms with E-state index < -0.39 is 0 Å². The van der Waals surface area contributed by atoms with E-state index in [2.05, 4.69) is 33.1 Å². The Hall–Kier alpha value is -3.49. The zero-order chi connectivity index (χ0) is 22.3. The summed E-state index contributed by atoms with van der Waals surface area (Å²) in [7, 11) is 1.63. The molecule has 0 unspecified atom stereocenters. The Bertz CT molecular complexity index is 1210. The second-order valence-electron chi connectivity index (χ2n) is 7.10. The third-order valence-electron chi connectivity index (χ3n) is 4.66. The van der Waals surface area contributed by atoms with Crippen molar-refractivity contribution in [3.05, 3.63) is 65.8 Å². The molecule has 0 aliphatic carbocycles. The summed E-state index contributed by atoms with van der Waals surface area (Å²) in [4.78, 5) is 21.5. The average Bonchev–Trinajstić information content (AvgIpc) is 3.21. The van der Waals surface area contributed by atoms with Crippen LogP contribution >= 0.6 is 11.3 Å². The van der Waals surface area contributed by atoms with Gasteiger partial charge in [-0.3, -0.25) is 4.79 Å². The maximum Gasteiger partial charge on any atom is 0.221 e. The lowest BCUT2D eigenvalue weighted by Crippen LogP contribution is -2.14. The highest BCUT2D eigenvalue weighted by atomic mass is 32.1. The SMILES string of the molecule is COCc1nc(NCCOc2cccc(NC(C)=O)c2)c2c(-c3ccccc3)csc2n1. The van der Waals surface area contributed by atoms with Gasteiger partial charge in [0.1, 0.15) is 29.6 Å². The predicted octanol–water partition coefficient (Wildman–Crippen LogP) is 4.95. The van der Waals surface area contributed by atoms with E-state index in [1.807, 2.05) is 36.4 Å². The van der Waals surface area contributed by atoms with Crippen LogP contribution in [0.25, 0.3) is 21.3 Å². The summed E-state index contributed by atoms with van der Waals surface area (Å²) >= 11 is 1.59. The Balaban J connectivity index is 1.51. The summed E-state index contributed by atoms with van der Waals surface area (Å²) in [6.45, 7) is 2.80. The normalized spacial score (nSPS) is 10.8. The van der Waals surface area contributed by atoms with Gasteiger partial charge in [0, 0.05) is 36.7 Å². The quantitative estimate of drug-likeness (QED) is 0.352. The van der Waals surface area contributed by atoms with Crippen molar-refractivity contribution >= 4 is 39.0 Å². The molecule has 4 aromatic rings. The fraction of sp³-hybridized carbons (Fsp3) is 0.208. The molecule has 2 N–H and O–H groups in total. The van der Waals surface area contributed by atoms with Crippen molar-refractivity contribution in [2.24, 2.45) is 0 Å². The minimum atomic E-state index is -0.117. The first kappa shape index (κ1) is 21.7. The van der Waals surface area contributed by atoms with E-state index in [4.69, 9.17) is 14.5 Å². The van der Waals surface area contributed by atoms with Gasteiger partial charge in [-0.1, -0.05) is 36.4 Å². The first-order valence-corrected chi connectivity index (χ1v) is 11.1. The van der Waals surface area contributed by atoms with Crippen LogP contribution in [0.15, 0.2) is 60.0 Å². The molecule has 0 bridgehead atoms. The lowest BCUT2D eigenvalue weighted by molar-refractivity contribution is -0.114. The second-order valence-corrected chi connectivity index (χ2v) is 7.96. The average molecular weight is 449 g/mol. The Morgan fingerprint density at radius 1 is 1.09 bits per heavy atom. The number of amides is 1. The van der Waals surface area contributed by atoms with E-state index in [9.17, 15) is 4.79 Å². The van der Waals surface area contributed by atoms with Crippen LogP contribution in [-0.4, -0.2) is 36.1 Å². The lowest BCUT2D eigenvalue weighted by Gasteiger charge is -2.12. The number of fused-ring (bicyclic) bond motifs is 1. The summed E-state index contributed by atoms with van der Waals surface area (Å²) in [6.07, 6.45) is 0. The first-order chi connectivity index (χ1) is 15.6. The largest absolute Gasteiger partial charge is 0.492 e. The third-order valence-corrected chi connectivity index (χ3v) is 5.53. The standard InChI is InChI=1S/C24H24N4O3S/c1-16(29)26-18-9-6-10-19(13-18)31-12-11-25-23-22-20(17-7-4-3-5-8-17)15-32-24(22)28-21(27-23)14-30-2/h3-10,13,15H,11-12,14H2,1-2H3,(H,26,29)(H,25,27,28). The predicted molar refractivity (Wildman–Crippen MR) is 128 cm³/mol. The molecule has 1 amide bonds. The number of nitrogens with zero attached hydrogens (tertiary/aromatic N) is 2. The van der Waals surface area contributed by atoms with Crippen molar-refractivity contribution in [1.82, 2.24) is 9.97 Å². The van der Waals surface area contributed by atoms with E-state index >= 15 is 0 Å². The summed E-state index contributed by atoms with van der Waals surface area (Å²) in [5, 5.41) is 9.27. The van der Waals surface area contributed by atoms with Gasteiger partial charge in [-0.2, -0.15) is 0 Å². The fourth-order valence-electron chi connectivity index (χ4n) is 3.34. The zero-order valence-corrected chi connectivity index (χ0v) is 18.7. The number of hydrogen-bond donors (Lipinski definition) is 2. The van der Waals surface area contributed by atoms with Crippen molar-refractivity contribution in [3.8, 4) is 16.9 Å². The molecule has 2 aromatic carbocycles. The van der Waals surface area contributed by atoms with Crippen molar-refractivity contribution < 1.29 is 14.3 Å². The van der Waals surface area contributed by atoms with Crippen molar-refractivity contribution in [1.29, 1.82) is 0 Å². The monoisotopic (exact) mass is 448 g/mol. The molecular weight excluding hydrogens is 424 g/mol. The minimum Gasteiger partial charge on any atom is -0.492 e. The van der Waals surface area contributed by atoms with Gasteiger partial charge < -0.3 is 20.1 Å². The minimum absolute atomic E-state index is 0.117. The second kappa shape index (κ2) is 10.2. The number of rotatable bonds is 9. The van der Waals surface area contributed by atoms with Crippen LogP contribution in [0.3, 0.4) is 0 Å². The number of carbonyl (C=O) groups excluding carboxylic acids is 1. The van der Waals surface area contributed by atoms with Gasteiger partial charge in [0.15, 0.2) is 5.82 Å². The molecule has 8 heteroatoms. The van der Waals surface area contributed by atoms with Crippen LogP contribution < -0.4 is 15.4 Å². The van der Waals surface area contributed by atoms with Crippen LogP contribution in [0, 0.1) is 0 Å². The number of ether oxygens (including phenoxy) is 2. The highest BCUT2D eigenvalue weighted by molar-refractivity contribution is 7.17. The fourth-order valence-corrected chi connectivity index (χ4v) is 4.31. The number of nitrogens with one attached hydrogen (secondary N) is 2. The Morgan fingerprint density at radius 2 is 1.94 bits per heavy atom. The van der Waals surface area contributed by atoms with Crippen molar-refractivity contribution in [2.75, 3.05) is 30.9 Å². The van der Waals surface area contributed by atoms with Gasteiger partial charge in [-0.25, -0.2) is 9.97 Å². The maximum absolute atomic E-state index is 11.2. The molecule has 4 rings (SSSR count). The van der Waals surface area contributed by atoms with Gasteiger partial charge >= 0.3 is 0 Å². The van der Waals surface area contributed by atoms with Crippen LogP contribution in [0.2, 0.25) is 0 Å². The van der Waals surface area contributed by atoms with Gasteiger partial charge in [0.25, 0.3) is 0 Å². The molecule has 0 fully saturated rings. The number of benzene rings is 2. The first-order valence-electron chi connectivity index (χ1n) is 10.2. The zero-order valence-electron chi connectivity index (χ0n) is 17.9. The maximum atomic E-state index is 11.2. The van der Waals surface area contributed by atoms with E-state index in [0.717, 1.165) is 27.2 Å². The molecule has 0 saturated carbocycles. The molecule has 164 valence electrons. The number of hydrogen-bond acceptors (Lipinski definition) is 7. The van der Waals surface area contributed by atoms with E-state index in [-0.39, 0.29) is 5.91 Å². The van der Waals surface area contributed by atoms with Crippen LogP contribution in [-0.2, 0) is 16.1 Å². The summed E-state index contributed by atoms with van der Waals surface area (Å²) in [5.41, 5.74) is 2.92. The number of thiophene rings is 1. The van der Waals surface area contributed by atoms with Gasteiger partial charge in [0.05, 0.1) is 11.9 Å². The molecule has 0 atom stereocenters. The van der Waals surface area contributed by atoms with Crippen LogP contribution in [0.1, 0.15) is 12.7 Å². The number of methoxy groups -OCH3 is 1. The number of aromatic nitrogens is 2. The molecule has 0 aliphatic rings. The molecular formula is C24H24N4O3S. The molecule has 0 radical (unpaired) electrons. The summed E-state index contributed by atoms with van der Waals surface area (Å²) in [6, 6.07) is 17.5. The molecule has 0 spiro atoms. The highest BCUT2D eigenvalue weighted by Gasteiger charge is 2.15. The summed E-state index contributed by atoms with van der Waals surface area (Å²) in [5.74, 6) is 1.96. The van der Waals surface area contributed by atoms with Gasteiger partial charge in [0.2, 0.25) is 5.91 Å². The third kappa shape index (κ3) is 5.22. The highest BCUT2D eigenvalue weighted by Crippen LogP contribution is 2.36. The molecule has 7 nitrogen and oxygen atoms in total. The Kier molecular flexibility index (Phi) is 6.94. The van der Waals surface area contributed by atoms with Crippen LogP contribution in [0.5, 0.6) is 5.75 Å². The van der Waals surface area contributed by atoms with Gasteiger partial charge in [-0.05, 0) is 17.7 Å². The molecule has 32 heavy (non-hydrogen) atoms. The van der Waals surface area contributed by atoms with Gasteiger partial charge in [-0.15, -0.1) is 11.3 Å². The number of carbonyl (C=O) groups is 1. The Morgan fingerprint density at radius 3 is 2.72 bits per heavy atom. The van der Waals surface area contributed by atoms with E-state index in [1.54, 1.807) is 24.5 Å². The molecule has 2 aromatic heterocycles. The summed E-state index contributed by atoms with van der Waals surface area (Å²) < 4.78 is 11.1. The van der Waals surface area contributed by atoms with E-state index in [1.165, 1.54) is 6.92 Å². The lowest BCUT2D eigenvalue weighted by atomic mass is 10.1. The van der Waals surface area contributed by atoms with Crippen molar-refractivity contribution in [3.63, 3.8) is 0 Å². The van der Waals surface area contributed by atoms with Crippen LogP contribution in [0.4, 0.5) is 11.5 Å². The van der Waals surface area contributed by atoms with E-state index in [0.29, 0.717) is 37.0 Å². The molecule has 2 heterocycles. The van der Waals surface area contributed by atoms with Crippen molar-refractivity contribution in [2.45, 2.75) is 13.5 Å². The number of anilines is 2. The Labute approximate surface area is 190 Å². The molecule has 0 aliphatic heterocycles. The smallest absolute Gasteiger partial charge is 0.221 e. The molecule has 0 saturated heterocycles.